The van der Waals surface area contributed by atoms with Crippen molar-refractivity contribution < 1.29 is 9.90 Å². The van der Waals surface area contributed by atoms with Crippen molar-refractivity contribution in [1.29, 1.82) is 0 Å². The zero-order valence-electron chi connectivity index (χ0n) is 17.3. The van der Waals surface area contributed by atoms with Crippen LogP contribution < -0.4 is 0 Å². The fourth-order valence-corrected chi connectivity index (χ4v) is 3.74. The third-order valence-corrected chi connectivity index (χ3v) is 5.31. The molecule has 0 heterocycles. The van der Waals surface area contributed by atoms with E-state index in [1.807, 2.05) is 42.5 Å². The number of carbonyl (C=O) groups excluding carboxylic acids is 1. The minimum Gasteiger partial charge on any atom is -0.507 e. The molecular weight excluding hydrogens is 332 g/mol. The molecule has 0 unspecified atom stereocenters. The summed E-state index contributed by atoms with van der Waals surface area (Å²) in [6, 6.07) is 11.9. The molecule has 2 heteroatoms. The molecule has 142 valence electrons. The molecule has 0 spiro atoms. The second kappa shape index (κ2) is 6.67. The van der Waals surface area contributed by atoms with Crippen LogP contribution in [-0.2, 0) is 17.3 Å². The third-order valence-electron chi connectivity index (χ3n) is 5.31. The zero-order valence-corrected chi connectivity index (χ0v) is 17.3. The molecule has 1 aliphatic carbocycles. The highest BCUT2D eigenvalue weighted by atomic mass is 16.3. The first-order valence-corrected chi connectivity index (χ1v) is 9.69. The summed E-state index contributed by atoms with van der Waals surface area (Å²) in [6.45, 7) is 12.6. The maximum absolute atomic E-state index is 12.9. The third kappa shape index (κ3) is 3.85. The maximum atomic E-state index is 12.9. The lowest BCUT2D eigenvalue weighted by molar-refractivity contribution is 0.102. The van der Waals surface area contributed by atoms with E-state index in [0.717, 1.165) is 46.2 Å². The summed E-state index contributed by atoms with van der Waals surface area (Å²) >= 11 is 0. The second-order valence-corrected chi connectivity index (χ2v) is 9.62. The first kappa shape index (κ1) is 19.4. The molecule has 3 rings (SSSR count). The summed E-state index contributed by atoms with van der Waals surface area (Å²) in [6.07, 6.45) is 3.67. The monoisotopic (exact) mass is 362 g/mol. The van der Waals surface area contributed by atoms with Crippen LogP contribution in [0.2, 0.25) is 0 Å². The molecule has 2 aromatic rings. The van der Waals surface area contributed by atoms with Gasteiger partial charge in [-0.05, 0) is 53.0 Å². The van der Waals surface area contributed by atoms with Gasteiger partial charge in [-0.15, -0.1) is 0 Å². The van der Waals surface area contributed by atoms with E-state index in [9.17, 15) is 9.90 Å². The van der Waals surface area contributed by atoms with Gasteiger partial charge in [0.2, 0.25) is 0 Å². The van der Waals surface area contributed by atoms with Gasteiger partial charge in [0, 0.05) is 22.3 Å². The normalized spacial score (nSPS) is 16.5. The Balaban J connectivity index is 2.13. The molecule has 1 N–H and O–H groups in total. The second-order valence-electron chi connectivity index (χ2n) is 9.62. The van der Waals surface area contributed by atoms with E-state index in [4.69, 9.17) is 0 Å². The number of hydrogen-bond donors (Lipinski definition) is 1. The van der Waals surface area contributed by atoms with Gasteiger partial charge in [0.05, 0.1) is 0 Å². The SMILES string of the molecule is CC(C)(C)c1cc(C=C2CCc3ccccc3C2=O)cc(C(C)(C)C)c1O. The van der Waals surface area contributed by atoms with Gasteiger partial charge in [-0.3, -0.25) is 4.79 Å². The van der Waals surface area contributed by atoms with Gasteiger partial charge < -0.3 is 5.11 Å². The van der Waals surface area contributed by atoms with Crippen LogP contribution >= 0.6 is 0 Å². The molecule has 0 fully saturated rings. The highest BCUT2D eigenvalue weighted by molar-refractivity contribution is 6.13. The van der Waals surface area contributed by atoms with E-state index in [0.29, 0.717) is 5.75 Å². The lowest BCUT2D eigenvalue weighted by Crippen LogP contribution is -2.18. The molecule has 0 atom stereocenters. The smallest absolute Gasteiger partial charge is 0.189 e. The van der Waals surface area contributed by atoms with Crippen LogP contribution in [0.15, 0.2) is 42.0 Å². The number of phenols is 1. The number of aromatic hydroxyl groups is 1. The van der Waals surface area contributed by atoms with E-state index >= 15 is 0 Å². The van der Waals surface area contributed by atoms with Crippen molar-refractivity contribution in [2.24, 2.45) is 0 Å². The van der Waals surface area contributed by atoms with Crippen LogP contribution in [-0.4, -0.2) is 10.9 Å². The first-order valence-electron chi connectivity index (χ1n) is 9.69. The molecule has 0 aliphatic heterocycles. The van der Waals surface area contributed by atoms with E-state index in [2.05, 4.69) is 41.5 Å². The first-order chi connectivity index (χ1) is 12.5. The highest BCUT2D eigenvalue weighted by Crippen LogP contribution is 2.40. The average Bonchev–Trinajstić information content (AvgIpc) is 2.57. The van der Waals surface area contributed by atoms with Crippen LogP contribution in [0.3, 0.4) is 0 Å². The van der Waals surface area contributed by atoms with E-state index in [-0.39, 0.29) is 16.6 Å². The molecule has 0 radical (unpaired) electrons. The van der Waals surface area contributed by atoms with Crippen molar-refractivity contribution in [2.75, 3.05) is 0 Å². The molecule has 2 nitrogen and oxygen atoms in total. The van der Waals surface area contributed by atoms with E-state index < -0.39 is 0 Å². The van der Waals surface area contributed by atoms with Crippen LogP contribution in [0.4, 0.5) is 0 Å². The lowest BCUT2D eigenvalue weighted by atomic mass is 9.78. The largest absolute Gasteiger partial charge is 0.507 e. The van der Waals surface area contributed by atoms with Crippen LogP contribution in [0.5, 0.6) is 5.75 Å². The van der Waals surface area contributed by atoms with Crippen molar-refractivity contribution in [3.8, 4) is 5.75 Å². The van der Waals surface area contributed by atoms with Crippen LogP contribution in [0.25, 0.3) is 6.08 Å². The minimum absolute atomic E-state index is 0.125. The Labute approximate surface area is 162 Å². The molecule has 0 bridgehead atoms. The van der Waals surface area contributed by atoms with Gasteiger partial charge >= 0.3 is 0 Å². The number of Topliss-reactive ketones (excluding diaryl/α,β-unsaturated/α-hetero) is 1. The predicted molar refractivity (Wildman–Crippen MR) is 113 cm³/mol. The maximum Gasteiger partial charge on any atom is 0.189 e. The molecule has 0 aromatic heterocycles. The number of carbonyl (C=O) groups is 1. The summed E-state index contributed by atoms with van der Waals surface area (Å²) in [7, 11) is 0. The Morgan fingerprint density at radius 3 is 2.00 bits per heavy atom. The Morgan fingerprint density at radius 2 is 1.44 bits per heavy atom. The quantitative estimate of drug-likeness (QED) is 0.613. The van der Waals surface area contributed by atoms with Crippen LogP contribution in [0, 0.1) is 0 Å². The number of rotatable bonds is 1. The predicted octanol–water partition coefficient (Wildman–Crippen LogP) is 6.20. The van der Waals surface area contributed by atoms with Crippen molar-refractivity contribution in [3.05, 3.63) is 69.8 Å². The topological polar surface area (TPSA) is 37.3 Å². The molecule has 0 saturated heterocycles. The zero-order chi connectivity index (χ0) is 20.0. The molecule has 0 amide bonds. The fraction of sp³-hybridized carbons (Fsp3) is 0.400. The van der Waals surface area contributed by atoms with Gasteiger partial charge in [0.25, 0.3) is 0 Å². The molecule has 1 aliphatic rings. The summed E-state index contributed by atoms with van der Waals surface area (Å²) in [4.78, 5) is 12.9. The van der Waals surface area contributed by atoms with Gasteiger partial charge in [0.15, 0.2) is 5.78 Å². The fourth-order valence-electron chi connectivity index (χ4n) is 3.74. The van der Waals surface area contributed by atoms with Crippen molar-refractivity contribution in [1.82, 2.24) is 0 Å². The van der Waals surface area contributed by atoms with Crippen molar-refractivity contribution >= 4 is 11.9 Å². The van der Waals surface area contributed by atoms with Crippen LogP contribution in [0.1, 0.15) is 80.6 Å². The molecule has 0 saturated carbocycles. The van der Waals surface area contributed by atoms with Crippen molar-refractivity contribution in [3.63, 3.8) is 0 Å². The number of benzene rings is 2. The lowest BCUT2D eigenvalue weighted by Gasteiger charge is -2.28. The summed E-state index contributed by atoms with van der Waals surface area (Å²) in [5, 5.41) is 10.9. The Hall–Kier alpha value is -2.35. The summed E-state index contributed by atoms with van der Waals surface area (Å²) in [5.74, 6) is 0.497. The standard InChI is InChI=1S/C25H30O2/c1-24(2,3)20-14-16(15-21(23(20)27)25(4,5)6)13-18-12-11-17-9-7-8-10-19(17)22(18)26/h7-10,13-15,27H,11-12H2,1-6H3. The van der Waals surface area contributed by atoms with Gasteiger partial charge in [-0.25, -0.2) is 0 Å². The number of ketones is 1. The van der Waals surface area contributed by atoms with E-state index in [1.165, 1.54) is 0 Å². The molecule has 2 aromatic carbocycles. The molecular formula is C25H30O2. The number of phenolic OH excluding ortho intramolecular Hbond substituents is 1. The van der Waals surface area contributed by atoms with E-state index in [1.54, 1.807) is 0 Å². The minimum atomic E-state index is -0.179. The Kier molecular flexibility index (Phi) is 4.80. The van der Waals surface area contributed by atoms with Gasteiger partial charge in [0.1, 0.15) is 5.75 Å². The van der Waals surface area contributed by atoms with Gasteiger partial charge in [-0.2, -0.15) is 0 Å². The number of hydrogen-bond acceptors (Lipinski definition) is 2. The number of aryl methyl sites for hydroxylation is 1. The Morgan fingerprint density at radius 1 is 0.889 bits per heavy atom. The average molecular weight is 363 g/mol. The summed E-state index contributed by atoms with van der Waals surface area (Å²) in [5.41, 5.74) is 5.28. The molecule has 27 heavy (non-hydrogen) atoms. The highest BCUT2D eigenvalue weighted by Gasteiger charge is 2.27. The number of allylic oxidation sites excluding steroid dienone is 1. The Bertz CT molecular complexity index is 883. The summed E-state index contributed by atoms with van der Waals surface area (Å²) < 4.78 is 0. The number of fused-ring (bicyclic) bond motifs is 1. The van der Waals surface area contributed by atoms with Crippen molar-refractivity contribution in [2.45, 2.75) is 65.2 Å². The van der Waals surface area contributed by atoms with Gasteiger partial charge in [-0.1, -0.05) is 65.8 Å².